The maximum Gasteiger partial charge on any atom is 0.253 e. The fourth-order valence-electron chi connectivity index (χ4n) is 3.63. The quantitative estimate of drug-likeness (QED) is 0.825. The molecule has 2 aliphatic rings. The lowest BCUT2D eigenvalue weighted by atomic mass is 10.1. The Hall–Kier alpha value is -2.28. The second kappa shape index (κ2) is 6.92. The van der Waals surface area contributed by atoms with Crippen LogP contribution in [0, 0.1) is 6.92 Å². The van der Waals surface area contributed by atoms with Crippen LogP contribution in [0.5, 0.6) is 0 Å². The molecule has 2 aromatic heterocycles. The van der Waals surface area contributed by atoms with E-state index in [9.17, 15) is 4.79 Å². The first-order valence-corrected chi connectivity index (χ1v) is 8.96. The minimum Gasteiger partial charge on any atom is -0.365 e. The second-order valence-electron chi connectivity index (χ2n) is 6.68. The Balaban J connectivity index is 1.58. The van der Waals surface area contributed by atoms with Crippen LogP contribution in [0.4, 0.5) is 5.82 Å². The lowest BCUT2D eigenvalue weighted by molar-refractivity contribution is -0.145. The van der Waals surface area contributed by atoms with Crippen molar-refractivity contribution in [3.8, 4) is 0 Å². The number of piperidine rings is 1. The van der Waals surface area contributed by atoms with Crippen molar-refractivity contribution in [2.24, 2.45) is 0 Å². The van der Waals surface area contributed by atoms with Crippen LogP contribution in [0.3, 0.4) is 0 Å². The molecule has 1 atom stereocenters. The zero-order chi connectivity index (χ0) is 17.2. The van der Waals surface area contributed by atoms with Gasteiger partial charge < -0.3 is 14.5 Å². The number of carbonyl (C=O) groups is 1. The third-order valence-electron chi connectivity index (χ3n) is 4.90. The summed E-state index contributed by atoms with van der Waals surface area (Å²) in [6, 6.07) is 1.93. The maximum atomic E-state index is 12.8. The SMILES string of the molecule is Cc1nc(N2CCOC(C(=O)N3CCCCC3)C2)c2ccncc2n1. The number of hydrogen-bond acceptors (Lipinski definition) is 6. The Labute approximate surface area is 147 Å². The molecule has 0 radical (unpaired) electrons. The molecule has 7 nitrogen and oxygen atoms in total. The van der Waals surface area contributed by atoms with E-state index in [0.29, 0.717) is 19.0 Å². The number of ether oxygens (including phenoxy) is 1. The van der Waals surface area contributed by atoms with Crippen molar-refractivity contribution in [2.75, 3.05) is 37.7 Å². The standard InChI is InChI=1S/C18H23N5O2/c1-13-20-15-11-19-6-5-14(15)17(21-13)23-9-10-25-16(12-23)18(24)22-7-3-2-4-8-22/h5-6,11,16H,2-4,7-10,12H2,1H3. The number of morpholine rings is 1. The molecule has 7 heteroatoms. The van der Waals surface area contributed by atoms with E-state index < -0.39 is 6.10 Å². The Kier molecular flexibility index (Phi) is 4.48. The van der Waals surface area contributed by atoms with Crippen LogP contribution < -0.4 is 4.90 Å². The Morgan fingerprint density at radius 3 is 2.88 bits per heavy atom. The molecule has 2 aliphatic heterocycles. The van der Waals surface area contributed by atoms with Crippen molar-refractivity contribution in [1.29, 1.82) is 0 Å². The minimum atomic E-state index is -0.418. The Morgan fingerprint density at radius 2 is 2.04 bits per heavy atom. The average molecular weight is 341 g/mol. The number of nitrogens with zero attached hydrogens (tertiary/aromatic N) is 5. The Bertz CT molecular complexity index is 775. The topological polar surface area (TPSA) is 71.5 Å². The summed E-state index contributed by atoms with van der Waals surface area (Å²) in [4.78, 5) is 30.1. The van der Waals surface area contributed by atoms with Gasteiger partial charge in [0.05, 0.1) is 24.9 Å². The molecule has 0 aliphatic carbocycles. The number of rotatable bonds is 2. The number of fused-ring (bicyclic) bond motifs is 1. The summed E-state index contributed by atoms with van der Waals surface area (Å²) in [5.41, 5.74) is 0.829. The molecule has 0 spiro atoms. The van der Waals surface area contributed by atoms with E-state index in [1.165, 1.54) is 6.42 Å². The summed E-state index contributed by atoms with van der Waals surface area (Å²) < 4.78 is 5.80. The van der Waals surface area contributed by atoms with Gasteiger partial charge in [0.15, 0.2) is 6.10 Å². The van der Waals surface area contributed by atoms with E-state index in [0.717, 1.165) is 49.2 Å². The molecule has 1 amide bonds. The van der Waals surface area contributed by atoms with Crippen molar-refractivity contribution in [1.82, 2.24) is 19.9 Å². The van der Waals surface area contributed by atoms with E-state index in [-0.39, 0.29) is 5.91 Å². The number of anilines is 1. The molecule has 0 bridgehead atoms. The number of carbonyl (C=O) groups excluding carboxylic acids is 1. The predicted molar refractivity (Wildman–Crippen MR) is 94.5 cm³/mol. The smallest absolute Gasteiger partial charge is 0.253 e. The molecule has 132 valence electrons. The molecular weight excluding hydrogens is 318 g/mol. The first-order chi connectivity index (χ1) is 12.2. The van der Waals surface area contributed by atoms with Crippen LogP contribution in [0.2, 0.25) is 0 Å². The van der Waals surface area contributed by atoms with Crippen LogP contribution in [-0.4, -0.2) is 64.6 Å². The highest BCUT2D eigenvalue weighted by atomic mass is 16.5. The van der Waals surface area contributed by atoms with Gasteiger partial charge in [-0.25, -0.2) is 9.97 Å². The van der Waals surface area contributed by atoms with Crippen molar-refractivity contribution >= 4 is 22.6 Å². The minimum absolute atomic E-state index is 0.112. The molecule has 4 rings (SSSR count). The zero-order valence-electron chi connectivity index (χ0n) is 14.5. The number of hydrogen-bond donors (Lipinski definition) is 0. The van der Waals surface area contributed by atoms with Gasteiger partial charge in [-0.3, -0.25) is 9.78 Å². The van der Waals surface area contributed by atoms with Crippen LogP contribution in [0.25, 0.3) is 10.9 Å². The highest BCUT2D eigenvalue weighted by Crippen LogP contribution is 2.25. The van der Waals surface area contributed by atoms with Gasteiger partial charge in [-0.05, 0) is 32.3 Å². The van der Waals surface area contributed by atoms with Crippen molar-refractivity contribution in [3.05, 3.63) is 24.3 Å². The number of aromatic nitrogens is 3. The fraction of sp³-hybridized carbons (Fsp3) is 0.556. The highest BCUT2D eigenvalue weighted by Gasteiger charge is 2.32. The van der Waals surface area contributed by atoms with E-state index in [4.69, 9.17) is 4.74 Å². The van der Waals surface area contributed by atoms with Gasteiger partial charge in [0.25, 0.3) is 5.91 Å². The number of likely N-dealkylation sites (tertiary alicyclic amines) is 1. The normalized spacial score (nSPS) is 21.6. The van der Waals surface area contributed by atoms with E-state index in [2.05, 4.69) is 19.9 Å². The van der Waals surface area contributed by atoms with Gasteiger partial charge in [0.2, 0.25) is 0 Å². The number of amides is 1. The van der Waals surface area contributed by atoms with E-state index in [1.807, 2.05) is 17.9 Å². The van der Waals surface area contributed by atoms with Gasteiger partial charge in [-0.1, -0.05) is 0 Å². The monoisotopic (exact) mass is 341 g/mol. The van der Waals surface area contributed by atoms with Crippen LogP contribution in [-0.2, 0) is 9.53 Å². The molecule has 2 fully saturated rings. The predicted octanol–water partition coefficient (Wildman–Crippen LogP) is 1.55. The summed E-state index contributed by atoms with van der Waals surface area (Å²) in [7, 11) is 0. The second-order valence-corrected chi connectivity index (χ2v) is 6.68. The summed E-state index contributed by atoms with van der Waals surface area (Å²) in [5.74, 6) is 1.69. The third kappa shape index (κ3) is 3.28. The summed E-state index contributed by atoms with van der Waals surface area (Å²) in [6.07, 6.45) is 6.47. The largest absolute Gasteiger partial charge is 0.365 e. The fourth-order valence-corrected chi connectivity index (χ4v) is 3.63. The van der Waals surface area contributed by atoms with Crippen molar-refractivity contribution in [3.63, 3.8) is 0 Å². The molecule has 2 saturated heterocycles. The summed E-state index contributed by atoms with van der Waals surface area (Å²) in [5, 5.41) is 0.965. The van der Waals surface area contributed by atoms with Crippen LogP contribution in [0.15, 0.2) is 18.5 Å². The molecule has 4 heterocycles. The van der Waals surface area contributed by atoms with E-state index in [1.54, 1.807) is 12.4 Å². The summed E-state index contributed by atoms with van der Waals surface area (Å²) in [6.45, 7) is 5.35. The third-order valence-corrected chi connectivity index (χ3v) is 4.90. The molecule has 0 saturated carbocycles. The molecular formula is C18H23N5O2. The molecule has 0 N–H and O–H groups in total. The van der Waals surface area contributed by atoms with Crippen LogP contribution >= 0.6 is 0 Å². The van der Waals surface area contributed by atoms with Crippen LogP contribution in [0.1, 0.15) is 25.1 Å². The average Bonchev–Trinajstić information content (AvgIpc) is 2.67. The maximum absolute atomic E-state index is 12.8. The van der Waals surface area contributed by atoms with Gasteiger partial charge >= 0.3 is 0 Å². The summed E-state index contributed by atoms with van der Waals surface area (Å²) >= 11 is 0. The number of aryl methyl sites for hydroxylation is 1. The lowest BCUT2D eigenvalue weighted by Gasteiger charge is -2.37. The van der Waals surface area contributed by atoms with Gasteiger partial charge in [0.1, 0.15) is 11.6 Å². The molecule has 0 aromatic carbocycles. The molecule has 1 unspecified atom stereocenters. The first-order valence-electron chi connectivity index (χ1n) is 8.96. The van der Waals surface area contributed by atoms with E-state index >= 15 is 0 Å². The van der Waals surface area contributed by atoms with Gasteiger partial charge in [-0.2, -0.15) is 0 Å². The number of pyridine rings is 1. The van der Waals surface area contributed by atoms with Gasteiger partial charge in [-0.15, -0.1) is 0 Å². The van der Waals surface area contributed by atoms with Gasteiger partial charge in [0, 0.05) is 31.2 Å². The first kappa shape index (κ1) is 16.2. The lowest BCUT2D eigenvalue weighted by Crippen LogP contribution is -2.52. The van der Waals surface area contributed by atoms with Crippen molar-refractivity contribution in [2.45, 2.75) is 32.3 Å². The Morgan fingerprint density at radius 1 is 1.20 bits per heavy atom. The zero-order valence-corrected chi connectivity index (χ0v) is 14.5. The molecule has 2 aromatic rings. The highest BCUT2D eigenvalue weighted by molar-refractivity contribution is 5.89. The van der Waals surface area contributed by atoms with Crippen molar-refractivity contribution < 1.29 is 9.53 Å². The molecule has 25 heavy (non-hydrogen) atoms.